The van der Waals surface area contributed by atoms with Crippen molar-refractivity contribution in [1.82, 2.24) is 15.5 Å². The summed E-state index contributed by atoms with van der Waals surface area (Å²) in [5.41, 5.74) is -0.469. The molecular weight excluding hydrogens is 286 g/mol. The number of nitrogens with one attached hydrogen (secondary N) is 2. The Bertz CT molecular complexity index is 302. The zero-order valence-corrected chi connectivity index (χ0v) is 14.2. The van der Waals surface area contributed by atoms with Gasteiger partial charge in [0.1, 0.15) is 5.60 Å². The van der Waals surface area contributed by atoms with Crippen molar-refractivity contribution in [2.45, 2.75) is 26.4 Å². The van der Waals surface area contributed by atoms with Gasteiger partial charge in [-0.05, 0) is 20.8 Å². The summed E-state index contributed by atoms with van der Waals surface area (Å²) in [4.78, 5) is 13.8. The minimum atomic E-state index is -0.469. The Hall–Kier alpha value is -0.890. The van der Waals surface area contributed by atoms with Crippen molar-refractivity contribution in [3.05, 3.63) is 0 Å². The van der Waals surface area contributed by atoms with E-state index in [9.17, 15) is 4.79 Å². The van der Waals surface area contributed by atoms with Crippen molar-refractivity contribution in [3.8, 4) is 0 Å². The van der Waals surface area contributed by atoms with Gasteiger partial charge < -0.3 is 24.8 Å². The summed E-state index contributed by atoms with van der Waals surface area (Å²) in [5.74, 6) is 0. The summed E-state index contributed by atoms with van der Waals surface area (Å²) in [6.07, 6.45) is -0.414. The van der Waals surface area contributed by atoms with Crippen LogP contribution in [0.25, 0.3) is 0 Å². The molecule has 0 atom stereocenters. The molecule has 2 N–H and O–H groups in total. The summed E-state index contributed by atoms with van der Waals surface area (Å²) in [7, 11) is 0. The van der Waals surface area contributed by atoms with Gasteiger partial charge in [-0.25, -0.2) is 4.79 Å². The van der Waals surface area contributed by atoms with Gasteiger partial charge in [0.25, 0.3) is 0 Å². The molecule has 1 fully saturated rings. The van der Waals surface area contributed by atoms with Crippen LogP contribution in [0.5, 0.6) is 0 Å². The van der Waals surface area contributed by atoms with Gasteiger partial charge >= 0.3 is 6.09 Å². The fourth-order valence-corrected chi connectivity index (χ4v) is 1.99. The Morgan fingerprint density at radius 2 is 1.73 bits per heavy atom. The first-order valence-corrected chi connectivity index (χ1v) is 8.03. The maximum Gasteiger partial charge on any atom is 0.407 e. The summed E-state index contributed by atoms with van der Waals surface area (Å²) in [6.45, 7) is 13.5. The molecule has 1 heterocycles. The number of nitrogens with zero attached hydrogens (tertiary/aromatic N) is 1. The molecule has 1 aliphatic rings. The number of rotatable bonds is 9. The van der Waals surface area contributed by atoms with Gasteiger partial charge in [0.15, 0.2) is 0 Å². The van der Waals surface area contributed by atoms with Gasteiger partial charge in [0.2, 0.25) is 0 Å². The first kappa shape index (κ1) is 19.2. The van der Waals surface area contributed by atoms with E-state index in [-0.39, 0.29) is 0 Å². The molecule has 0 bridgehead atoms. The largest absolute Gasteiger partial charge is 0.444 e. The van der Waals surface area contributed by atoms with Crippen LogP contribution in [0.3, 0.4) is 0 Å². The number of alkyl carbamates (subject to hydrolysis) is 1. The third-order valence-corrected chi connectivity index (χ3v) is 3.05. The van der Waals surface area contributed by atoms with Crippen LogP contribution >= 0.6 is 0 Å². The average Bonchev–Trinajstić information content (AvgIpc) is 2.44. The maximum absolute atomic E-state index is 11.4. The van der Waals surface area contributed by atoms with Gasteiger partial charge in [0, 0.05) is 39.3 Å². The number of piperazine rings is 1. The Balaban J connectivity index is 1.82. The highest BCUT2D eigenvalue weighted by atomic mass is 16.6. The van der Waals surface area contributed by atoms with Crippen LogP contribution in [-0.4, -0.2) is 82.3 Å². The quantitative estimate of drug-likeness (QED) is 0.602. The van der Waals surface area contributed by atoms with Crippen LogP contribution < -0.4 is 10.6 Å². The molecule has 7 heteroatoms. The molecule has 130 valence electrons. The first-order chi connectivity index (χ1) is 10.5. The van der Waals surface area contributed by atoms with Crippen LogP contribution in [0, 0.1) is 0 Å². The minimum absolute atomic E-state index is 0.414. The summed E-state index contributed by atoms with van der Waals surface area (Å²) >= 11 is 0. The molecule has 0 spiro atoms. The summed E-state index contributed by atoms with van der Waals surface area (Å²) in [6, 6.07) is 0. The van der Waals surface area contributed by atoms with E-state index in [1.54, 1.807) is 0 Å². The second kappa shape index (κ2) is 10.8. The molecule has 0 aromatic rings. The lowest BCUT2D eigenvalue weighted by Crippen LogP contribution is -2.44. The van der Waals surface area contributed by atoms with Crippen LogP contribution in [-0.2, 0) is 14.2 Å². The van der Waals surface area contributed by atoms with Crippen LogP contribution in [0.15, 0.2) is 0 Å². The Kier molecular flexibility index (Phi) is 9.38. The number of hydrogen-bond donors (Lipinski definition) is 2. The fraction of sp³-hybridized carbons (Fsp3) is 0.933. The second-order valence-corrected chi connectivity index (χ2v) is 6.25. The Labute approximate surface area is 133 Å². The molecule has 22 heavy (non-hydrogen) atoms. The predicted molar refractivity (Wildman–Crippen MR) is 85.2 cm³/mol. The maximum atomic E-state index is 11.4. The van der Waals surface area contributed by atoms with Gasteiger partial charge in [-0.3, -0.25) is 4.90 Å². The van der Waals surface area contributed by atoms with E-state index in [1.165, 1.54) is 0 Å². The van der Waals surface area contributed by atoms with E-state index in [2.05, 4.69) is 15.5 Å². The highest BCUT2D eigenvalue weighted by Gasteiger charge is 2.15. The molecule has 0 aromatic carbocycles. The van der Waals surface area contributed by atoms with Crippen LogP contribution in [0.1, 0.15) is 20.8 Å². The average molecular weight is 317 g/mol. The van der Waals surface area contributed by atoms with Crippen LogP contribution in [0.2, 0.25) is 0 Å². The third-order valence-electron chi connectivity index (χ3n) is 3.05. The van der Waals surface area contributed by atoms with Crippen molar-refractivity contribution < 1.29 is 19.0 Å². The van der Waals surface area contributed by atoms with E-state index >= 15 is 0 Å². The van der Waals surface area contributed by atoms with Crippen molar-refractivity contribution in [2.24, 2.45) is 0 Å². The number of hydrogen-bond acceptors (Lipinski definition) is 6. The molecule has 0 aromatic heterocycles. The summed E-state index contributed by atoms with van der Waals surface area (Å²) < 4.78 is 16.0. The van der Waals surface area contributed by atoms with Crippen molar-refractivity contribution in [3.63, 3.8) is 0 Å². The second-order valence-electron chi connectivity index (χ2n) is 6.25. The molecule has 1 saturated heterocycles. The normalized spacial score (nSPS) is 16.5. The number of ether oxygens (including phenoxy) is 3. The monoisotopic (exact) mass is 317 g/mol. The van der Waals surface area contributed by atoms with Crippen molar-refractivity contribution >= 4 is 6.09 Å². The standard InChI is InChI=1S/C15H31N3O4/c1-15(2,3)22-14(19)17-6-10-20-12-13-21-11-9-18-7-4-16-5-8-18/h16H,4-13H2,1-3H3,(H,17,19). The highest BCUT2D eigenvalue weighted by Crippen LogP contribution is 2.05. The Morgan fingerprint density at radius 3 is 2.36 bits per heavy atom. The predicted octanol–water partition coefficient (Wildman–Crippen LogP) is 0.450. The molecule has 0 radical (unpaired) electrons. The van der Waals surface area contributed by atoms with Gasteiger partial charge in [-0.1, -0.05) is 0 Å². The lowest BCUT2D eigenvalue weighted by molar-refractivity contribution is 0.0336. The smallest absolute Gasteiger partial charge is 0.407 e. The van der Waals surface area contributed by atoms with E-state index in [1.807, 2.05) is 20.8 Å². The number of carbonyl (C=O) groups excluding carboxylic acids is 1. The highest BCUT2D eigenvalue weighted by molar-refractivity contribution is 5.67. The zero-order valence-electron chi connectivity index (χ0n) is 14.2. The molecule has 1 amide bonds. The SMILES string of the molecule is CC(C)(C)OC(=O)NCCOCCOCCN1CCNCC1. The molecule has 7 nitrogen and oxygen atoms in total. The first-order valence-electron chi connectivity index (χ1n) is 8.03. The van der Waals surface area contributed by atoms with Crippen molar-refractivity contribution in [2.75, 3.05) is 65.7 Å². The van der Waals surface area contributed by atoms with Gasteiger partial charge in [-0.2, -0.15) is 0 Å². The van der Waals surface area contributed by atoms with E-state index in [0.29, 0.717) is 26.4 Å². The van der Waals surface area contributed by atoms with Gasteiger partial charge in [-0.15, -0.1) is 0 Å². The number of amides is 1. The molecule has 0 aliphatic carbocycles. The van der Waals surface area contributed by atoms with E-state index in [0.717, 1.165) is 39.3 Å². The minimum Gasteiger partial charge on any atom is -0.444 e. The fourth-order valence-electron chi connectivity index (χ4n) is 1.99. The molecule has 0 unspecified atom stereocenters. The van der Waals surface area contributed by atoms with Crippen LogP contribution in [0.4, 0.5) is 4.79 Å². The van der Waals surface area contributed by atoms with Gasteiger partial charge in [0.05, 0.1) is 26.4 Å². The third kappa shape index (κ3) is 10.8. The van der Waals surface area contributed by atoms with E-state index < -0.39 is 11.7 Å². The Morgan fingerprint density at radius 1 is 1.09 bits per heavy atom. The number of carbonyl (C=O) groups is 1. The molecule has 1 aliphatic heterocycles. The van der Waals surface area contributed by atoms with Crippen molar-refractivity contribution in [1.29, 1.82) is 0 Å². The molecule has 0 saturated carbocycles. The zero-order chi connectivity index (χ0) is 16.3. The lowest BCUT2D eigenvalue weighted by Gasteiger charge is -2.26. The lowest BCUT2D eigenvalue weighted by atomic mass is 10.2. The topological polar surface area (TPSA) is 72.1 Å². The summed E-state index contributed by atoms with van der Waals surface area (Å²) in [5, 5.41) is 5.97. The molecular formula is C15H31N3O4. The molecule has 1 rings (SSSR count). The van der Waals surface area contributed by atoms with E-state index in [4.69, 9.17) is 14.2 Å².